The Balaban J connectivity index is 1.72. The average molecular weight is 426 g/mol. The van der Waals surface area contributed by atoms with Crippen LogP contribution < -0.4 is 14.2 Å². The van der Waals surface area contributed by atoms with Gasteiger partial charge in [0.1, 0.15) is 30.5 Å². The number of nitrogens with zero attached hydrogens (tertiary/aromatic N) is 1. The molecule has 12 heteroatoms. The largest absolute Gasteiger partial charge is 0.586 e. The smallest absolute Gasteiger partial charge is 0.446 e. The number of nitrogens with one attached hydrogen (secondary N) is 1. The third-order valence-electron chi connectivity index (χ3n) is 4.74. The number of benzene rings is 1. The maximum atomic E-state index is 13.6. The summed E-state index contributed by atoms with van der Waals surface area (Å²) in [7, 11) is 0. The van der Waals surface area contributed by atoms with Gasteiger partial charge in [-0.1, -0.05) is 12.1 Å². The number of hydrogen-bond acceptors (Lipinski definition) is 9. The van der Waals surface area contributed by atoms with Gasteiger partial charge in [-0.05, 0) is 6.07 Å². The first-order chi connectivity index (χ1) is 14.3. The lowest BCUT2D eigenvalue weighted by Gasteiger charge is -2.39. The molecule has 0 spiro atoms. The molecule has 4 rings (SSSR count). The molecule has 0 aliphatic carbocycles. The summed E-state index contributed by atoms with van der Waals surface area (Å²) in [4.78, 5) is 2.64. The first kappa shape index (κ1) is 20.3. The van der Waals surface area contributed by atoms with Gasteiger partial charge in [0.2, 0.25) is 12.2 Å². The molecule has 2 aromatic rings. The molecule has 0 unspecified atom stereocenters. The Kier molecular flexibility index (Phi) is 5.00. The van der Waals surface area contributed by atoms with Gasteiger partial charge in [-0.3, -0.25) is 0 Å². The molecule has 1 aromatic heterocycles. The van der Waals surface area contributed by atoms with Crippen molar-refractivity contribution in [3.8, 4) is 34.6 Å². The van der Waals surface area contributed by atoms with Crippen LogP contribution in [0.3, 0.4) is 0 Å². The predicted octanol–water partition coefficient (Wildman–Crippen LogP) is 0.0536. The number of halogens is 2. The number of H-pyrrole nitrogens is 1. The monoisotopic (exact) mass is 426 g/mol. The Hall–Kier alpha value is -2.95. The summed E-state index contributed by atoms with van der Waals surface area (Å²) in [5.74, 6) is -0.735. The molecule has 5 N–H and O–H groups in total. The van der Waals surface area contributed by atoms with Crippen LogP contribution in [-0.2, 0) is 4.74 Å². The normalized spacial score (nSPS) is 29.4. The second kappa shape index (κ2) is 7.38. The molecular weight excluding hydrogens is 410 g/mol. The molecule has 0 saturated carbocycles. The van der Waals surface area contributed by atoms with Gasteiger partial charge >= 0.3 is 6.29 Å². The van der Waals surface area contributed by atoms with Crippen LogP contribution in [0.15, 0.2) is 24.4 Å². The quantitative estimate of drug-likeness (QED) is 0.456. The van der Waals surface area contributed by atoms with Crippen molar-refractivity contribution in [3.05, 3.63) is 30.0 Å². The van der Waals surface area contributed by atoms with E-state index in [2.05, 4.69) is 14.5 Å². The zero-order chi connectivity index (χ0) is 21.6. The molecule has 0 bridgehead atoms. The van der Waals surface area contributed by atoms with Gasteiger partial charge in [0.05, 0.1) is 17.7 Å². The molecule has 0 radical (unpaired) electrons. The van der Waals surface area contributed by atoms with Crippen LogP contribution in [0.2, 0.25) is 0 Å². The molecule has 3 heterocycles. The average Bonchev–Trinajstić information content (AvgIpc) is 3.26. The van der Waals surface area contributed by atoms with Gasteiger partial charge in [0, 0.05) is 11.8 Å². The highest BCUT2D eigenvalue weighted by atomic mass is 19.3. The second-order valence-electron chi connectivity index (χ2n) is 6.63. The summed E-state index contributed by atoms with van der Waals surface area (Å²) in [6, 6.07) is 5.95. The lowest BCUT2D eigenvalue weighted by Crippen LogP contribution is -2.60. The maximum Gasteiger partial charge on any atom is 0.586 e. The van der Waals surface area contributed by atoms with E-state index in [-0.39, 0.29) is 34.1 Å². The summed E-state index contributed by atoms with van der Waals surface area (Å²) >= 11 is 0. The van der Waals surface area contributed by atoms with Gasteiger partial charge in [0.15, 0.2) is 11.5 Å². The summed E-state index contributed by atoms with van der Waals surface area (Å²) in [6.45, 7) is -0.668. The number of aromatic nitrogens is 1. The molecule has 0 amide bonds. The van der Waals surface area contributed by atoms with E-state index in [0.29, 0.717) is 0 Å². The van der Waals surface area contributed by atoms with Gasteiger partial charge < -0.3 is 44.4 Å². The Bertz CT molecular complexity index is 989. The third-order valence-corrected chi connectivity index (χ3v) is 4.74. The van der Waals surface area contributed by atoms with Crippen LogP contribution in [0, 0.1) is 11.3 Å². The number of alkyl halides is 2. The van der Waals surface area contributed by atoms with E-state index in [1.807, 2.05) is 6.07 Å². The Labute approximate surface area is 167 Å². The van der Waals surface area contributed by atoms with Crippen LogP contribution in [0.5, 0.6) is 17.4 Å². The van der Waals surface area contributed by atoms with E-state index in [1.165, 1.54) is 24.4 Å². The SMILES string of the molecule is N#Cc1c[nH]c(O[C@@H]2O[C@H](CO)[C@H](O)[C@@H](O)[C@H]2O)c1-c1cccc2c1OC(F)(F)O2. The van der Waals surface area contributed by atoms with Crippen LogP contribution in [0.1, 0.15) is 5.56 Å². The summed E-state index contributed by atoms with van der Waals surface area (Å²) in [5.41, 5.74) is 0.0662. The highest BCUT2D eigenvalue weighted by Gasteiger charge is 2.47. The minimum Gasteiger partial charge on any atom is -0.446 e. The number of fused-ring (bicyclic) bond motifs is 1. The van der Waals surface area contributed by atoms with Crippen LogP contribution in [0.25, 0.3) is 11.1 Å². The molecule has 10 nitrogen and oxygen atoms in total. The summed E-state index contributed by atoms with van der Waals surface area (Å²) in [5, 5.41) is 48.7. The fourth-order valence-electron chi connectivity index (χ4n) is 3.30. The third kappa shape index (κ3) is 3.32. The topological polar surface area (TPSA) is 157 Å². The van der Waals surface area contributed by atoms with Crippen molar-refractivity contribution in [1.29, 1.82) is 5.26 Å². The highest BCUT2D eigenvalue weighted by molar-refractivity contribution is 5.82. The lowest BCUT2D eigenvalue weighted by molar-refractivity contribution is -0.286. The molecular formula is C18H16F2N2O8. The minimum atomic E-state index is -3.89. The maximum absolute atomic E-state index is 13.6. The van der Waals surface area contributed by atoms with Gasteiger partial charge in [-0.2, -0.15) is 5.26 Å². The van der Waals surface area contributed by atoms with E-state index < -0.39 is 43.6 Å². The van der Waals surface area contributed by atoms with Gasteiger partial charge in [-0.25, -0.2) is 0 Å². The van der Waals surface area contributed by atoms with Gasteiger partial charge in [0.25, 0.3) is 0 Å². The number of aromatic amines is 1. The molecule has 160 valence electrons. The van der Waals surface area contributed by atoms with Crippen molar-refractivity contribution >= 4 is 0 Å². The fourth-order valence-corrected chi connectivity index (χ4v) is 3.30. The molecule has 5 atom stereocenters. The molecule has 1 saturated heterocycles. The standard InChI is InChI=1S/C18H16F2N2O8/c19-18(20)29-9-3-1-2-8(15(9)30-18)11-7(4-21)5-22-16(11)28-17-14(26)13(25)12(24)10(6-23)27-17/h1-3,5,10,12-14,17,22-26H,6H2/t10-,12+,13-,14-,17+/m1/s1. The summed E-state index contributed by atoms with van der Waals surface area (Å²) < 4.78 is 46.9. The molecule has 2 aliphatic heterocycles. The Morgan fingerprint density at radius 1 is 1.17 bits per heavy atom. The number of rotatable bonds is 4. The van der Waals surface area contributed by atoms with Crippen molar-refractivity contribution in [2.45, 2.75) is 37.0 Å². The number of aliphatic hydroxyl groups excluding tert-OH is 4. The molecule has 30 heavy (non-hydrogen) atoms. The minimum absolute atomic E-state index is 0.00167. The van der Waals surface area contributed by atoms with Crippen molar-refractivity contribution in [2.75, 3.05) is 6.61 Å². The number of nitriles is 1. The fraction of sp³-hybridized carbons (Fsp3) is 0.389. The predicted molar refractivity (Wildman–Crippen MR) is 91.5 cm³/mol. The van der Waals surface area contributed by atoms with Crippen LogP contribution in [0.4, 0.5) is 8.78 Å². The second-order valence-corrected chi connectivity index (χ2v) is 6.63. The van der Waals surface area contributed by atoms with E-state index >= 15 is 0 Å². The number of para-hydroxylation sites is 1. The van der Waals surface area contributed by atoms with E-state index in [1.54, 1.807) is 0 Å². The van der Waals surface area contributed by atoms with E-state index in [9.17, 15) is 34.5 Å². The number of hydrogen-bond donors (Lipinski definition) is 5. The summed E-state index contributed by atoms with van der Waals surface area (Å²) in [6.07, 6.45) is -10.4. The van der Waals surface area contributed by atoms with Crippen molar-refractivity contribution in [1.82, 2.24) is 4.98 Å². The molecule has 1 fully saturated rings. The first-order valence-electron chi connectivity index (χ1n) is 8.73. The van der Waals surface area contributed by atoms with E-state index in [4.69, 9.17) is 9.47 Å². The molecule has 1 aromatic carbocycles. The van der Waals surface area contributed by atoms with Crippen LogP contribution >= 0.6 is 0 Å². The van der Waals surface area contributed by atoms with Gasteiger partial charge in [-0.15, -0.1) is 8.78 Å². The zero-order valence-corrected chi connectivity index (χ0v) is 15.0. The molecule has 2 aliphatic rings. The number of aliphatic hydroxyl groups is 4. The lowest BCUT2D eigenvalue weighted by atomic mass is 9.99. The first-order valence-corrected chi connectivity index (χ1v) is 8.73. The van der Waals surface area contributed by atoms with Crippen LogP contribution in [-0.4, -0.2) is 69.0 Å². The van der Waals surface area contributed by atoms with Crippen molar-refractivity contribution in [3.63, 3.8) is 0 Å². The van der Waals surface area contributed by atoms with E-state index in [0.717, 1.165) is 0 Å². The highest BCUT2D eigenvalue weighted by Crippen LogP contribution is 2.49. The Morgan fingerprint density at radius 2 is 1.93 bits per heavy atom. The zero-order valence-electron chi connectivity index (χ0n) is 15.0. The Morgan fingerprint density at radius 3 is 2.63 bits per heavy atom. The van der Waals surface area contributed by atoms with Crippen molar-refractivity contribution < 1.29 is 48.2 Å². The number of ether oxygens (including phenoxy) is 4. The van der Waals surface area contributed by atoms with Crippen molar-refractivity contribution in [2.24, 2.45) is 0 Å².